The van der Waals surface area contributed by atoms with Gasteiger partial charge in [-0.05, 0) is 25.7 Å². The molecular weight excluding hydrogens is 258 g/mol. The molecule has 2 aliphatic heterocycles. The van der Waals surface area contributed by atoms with Gasteiger partial charge in [-0.15, -0.1) is 0 Å². The number of aliphatic hydroxyl groups excluding tert-OH is 1. The Kier molecular flexibility index (Phi) is 5.54. The average Bonchev–Trinajstić information content (AvgIpc) is 2.81. The highest BCUT2D eigenvalue weighted by molar-refractivity contribution is 5.94. The minimum atomic E-state index is -0.721. The van der Waals surface area contributed by atoms with Crippen molar-refractivity contribution in [2.75, 3.05) is 19.7 Å². The lowest BCUT2D eigenvalue weighted by molar-refractivity contribution is -0.135. The number of amides is 1. The molecule has 0 aliphatic carbocycles. The van der Waals surface area contributed by atoms with E-state index in [0.717, 1.165) is 32.1 Å². The van der Waals surface area contributed by atoms with Crippen molar-refractivity contribution in [3.63, 3.8) is 0 Å². The van der Waals surface area contributed by atoms with Crippen LogP contribution in [-0.4, -0.2) is 54.1 Å². The van der Waals surface area contributed by atoms with E-state index in [4.69, 9.17) is 4.74 Å². The fourth-order valence-corrected chi connectivity index (χ4v) is 3.19. The molecule has 1 amide bonds. The molecule has 4 atom stereocenters. The molecule has 2 heterocycles. The van der Waals surface area contributed by atoms with Crippen LogP contribution in [0.1, 0.15) is 39.0 Å². The smallest absolute Gasteiger partial charge is 0.233 e. The van der Waals surface area contributed by atoms with Crippen LogP contribution in [0.4, 0.5) is 0 Å². The van der Waals surface area contributed by atoms with Gasteiger partial charge in [-0.1, -0.05) is 13.3 Å². The highest BCUT2D eigenvalue weighted by atomic mass is 16.5. The standard InChI is InChI=1S/C15H25NO4/c1-2-3-7-16-9-11(12(10-17)15(16)19)14(18)13-6-4-5-8-20-13/h10-14,18H,2-9H2,1H3. The molecule has 0 saturated carbocycles. The molecule has 0 bridgehead atoms. The van der Waals surface area contributed by atoms with Crippen molar-refractivity contribution in [2.24, 2.45) is 11.8 Å². The van der Waals surface area contributed by atoms with E-state index in [2.05, 4.69) is 6.92 Å². The lowest BCUT2D eigenvalue weighted by Gasteiger charge is -2.31. The molecule has 0 spiro atoms. The summed E-state index contributed by atoms with van der Waals surface area (Å²) in [5, 5.41) is 10.5. The number of likely N-dealkylation sites (tertiary alicyclic amines) is 1. The van der Waals surface area contributed by atoms with Crippen LogP contribution in [0.3, 0.4) is 0 Å². The van der Waals surface area contributed by atoms with Crippen LogP contribution < -0.4 is 0 Å². The van der Waals surface area contributed by atoms with Gasteiger partial charge >= 0.3 is 0 Å². The number of carbonyl (C=O) groups excluding carboxylic acids is 2. The number of unbranched alkanes of at least 4 members (excludes halogenated alkanes) is 1. The van der Waals surface area contributed by atoms with E-state index in [9.17, 15) is 14.7 Å². The first-order chi connectivity index (χ1) is 9.69. The van der Waals surface area contributed by atoms with E-state index in [1.165, 1.54) is 0 Å². The molecule has 0 aromatic rings. The topological polar surface area (TPSA) is 66.8 Å². The zero-order valence-corrected chi connectivity index (χ0v) is 12.2. The highest BCUT2D eigenvalue weighted by Gasteiger charge is 2.45. The molecule has 2 rings (SSSR count). The number of carbonyl (C=O) groups is 2. The van der Waals surface area contributed by atoms with Crippen LogP contribution in [0, 0.1) is 11.8 Å². The van der Waals surface area contributed by atoms with Crippen LogP contribution >= 0.6 is 0 Å². The molecule has 2 aliphatic rings. The molecule has 4 unspecified atom stereocenters. The molecule has 0 aromatic carbocycles. The number of aldehydes is 1. The third kappa shape index (κ3) is 3.20. The Bertz CT molecular complexity index is 341. The van der Waals surface area contributed by atoms with Crippen molar-refractivity contribution in [3.05, 3.63) is 0 Å². The molecule has 5 heteroatoms. The molecule has 0 aromatic heterocycles. The molecule has 2 saturated heterocycles. The summed E-state index contributed by atoms with van der Waals surface area (Å²) in [6, 6.07) is 0. The summed E-state index contributed by atoms with van der Waals surface area (Å²) in [5.74, 6) is -1.15. The Morgan fingerprint density at radius 3 is 2.90 bits per heavy atom. The maximum Gasteiger partial charge on any atom is 0.233 e. The van der Waals surface area contributed by atoms with E-state index in [1.54, 1.807) is 4.90 Å². The Morgan fingerprint density at radius 2 is 2.30 bits per heavy atom. The monoisotopic (exact) mass is 283 g/mol. The van der Waals surface area contributed by atoms with E-state index in [-0.39, 0.29) is 17.9 Å². The molecule has 5 nitrogen and oxygen atoms in total. The second-order valence-electron chi connectivity index (χ2n) is 5.86. The molecule has 0 radical (unpaired) electrons. The number of hydrogen-bond donors (Lipinski definition) is 1. The quantitative estimate of drug-likeness (QED) is 0.583. The van der Waals surface area contributed by atoms with Gasteiger partial charge in [0.2, 0.25) is 5.91 Å². The van der Waals surface area contributed by atoms with Crippen molar-refractivity contribution in [3.8, 4) is 0 Å². The van der Waals surface area contributed by atoms with E-state index < -0.39 is 12.0 Å². The van der Waals surface area contributed by atoms with Crippen LogP contribution in [0.5, 0.6) is 0 Å². The van der Waals surface area contributed by atoms with Gasteiger partial charge in [-0.2, -0.15) is 0 Å². The maximum absolute atomic E-state index is 12.2. The molecule has 114 valence electrons. The average molecular weight is 283 g/mol. The second kappa shape index (κ2) is 7.18. The highest BCUT2D eigenvalue weighted by Crippen LogP contribution is 2.31. The Hall–Kier alpha value is -0.940. The minimum absolute atomic E-state index is 0.131. The fourth-order valence-electron chi connectivity index (χ4n) is 3.19. The summed E-state index contributed by atoms with van der Waals surface area (Å²) in [5.41, 5.74) is 0. The van der Waals surface area contributed by atoms with Crippen molar-refractivity contribution >= 4 is 12.2 Å². The van der Waals surface area contributed by atoms with Crippen LogP contribution in [-0.2, 0) is 14.3 Å². The van der Waals surface area contributed by atoms with Gasteiger partial charge in [0.15, 0.2) is 0 Å². The van der Waals surface area contributed by atoms with Gasteiger partial charge in [0.1, 0.15) is 12.2 Å². The summed E-state index contributed by atoms with van der Waals surface area (Å²) in [6.07, 6.45) is 4.56. The van der Waals surface area contributed by atoms with E-state index in [0.29, 0.717) is 26.0 Å². The van der Waals surface area contributed by atoms with Crippen molar-refractivity contribution < 1.29 is 19.4 Å². The predicted molar refractivity (Wildman–Crippen MR) is 74.1 cm³/mol. The summed E-state index contributed by atoms with van der Waals surface area (Å²) in [4.78, 5) is 25.1. The van der Waals surface area contributed by atoms with Gasteiger partial charge in [0, 0.05) is 25.6 Å². The summed E-state index contributed by atoms with van der Waals surface area (Å²) in [7, 11) is 0. The fraction of sp³-hybridized carbons (Fsp3) is 0.867. The van der Waals surface area contributed by atoms with Gasteiger partial charge < -0.3 is 19.5 Å². The van der Waals surface area contributed by atoms with Gasteiger partial charge in [-0.25, -0.2) is 0 Å². The molecule has 2 fully saturated rings. The van der Waals surface area contributed by atoms with Crippen molar-refractivity contribution in [1.29, 1.82) is 0 Å². The Labute approximate surface area is 120 Å². The summed E-state index contributed by atoms with van der Waals surface area (Å²) >= 11 is 0. The van der Waals surface area contributed by atoms with E-state index >= 15 is 0 Å². The van der Waals surface area contributed by atoms with Gasteiger partial charge in [0.25, 0.3) is 0 Å². The normalized spacial score (nSPS) is 32.4. The second-order valence-corrected chi connectivity index (χ2v) is 5.86. The Balaban J connectivity index is 2.01. The Morgan fingerprint density at radius 1 is 1.50 bits per heavy atom. The zero-order valence-electron chi connectivity index (χ0n) is 12.2. The first-order valence-electron chi connectivity index (χ1n) is 7.72. The molecule has 20 heavy (non-hydrogen) atoms. The summed E-state index contributed by atoms with van der Waals surface area (Å²) in [6.45, 7) is 3.88. The minimum Gasteiger partial charge on any atom is -0.390 e. The first-order valence-corrected chi connectivity index (χ1v) is 7.72. The zero-order chi connectivity index (χ0) is 14.5. The van der Waals surface area contributed by atoms with Crippen LogP contribution in [0.25, 0.3) is 0 Å². The number of rotatable bonds is 6. The third-order valence-corrected chi connectivity index (χ3v) is 4.45. The van der Waals surface area contributed by atoms with Gasteiger partial charge in [-0.3, -0.25) is 4.79 Å². The maximum atomic E-state index is 12.2. The molecular formula is C15H25NO4. The number of aliphatic hydroxyl groups is 1. The first kappa shape index (κ1) is 15.4. The number of ether oxygens (including phenoxy) is 1. The van der Waals surface area contributed by atoms with E-state index in [1.807, 2.05) is 0 Å². The summed E-state index contributed by atoms with van der Waals surface area (Å²) < 4.78 is 5.60. The largest absolute Gasteiger partial charge is 0.390 e. The predicted octanol–water partition coefficient (Wildman–Crippen LogP) is 0.990. The van der Waals surface area contributed by atoms with Crippen molar-refractivity contribution in [1.82, 2.24) is 4.90 Å². The SMILES string of the molecule is CCCCN1CC(C(O)C2CCCCO2)C(C=O)C1=O. The lowest BCUT2D eigenvalue weighted by Crippen LogP contribution is -2.41. The van der Waals surface area contributed by atoms with Crippen LogP contribution in [0.2, 0.25) is 0 Å². The number of nitrogens with zero attached hydrogens (tertiary/aromatic N) is 1. The van der Waals surface area contributed by atoms with Crippen molar-refractivity contribution in [2.45, 2.75) is 51.2 Å². The van der Waals surface area contributed by atoms with Gasteiger partial charge in [0.05, 0.1) is 12.2 Å². The third-order valence-electron chi connectivity index (χ3n) is 4.45. The number of hydrogen-bond acceptors (Lipinski definition) is 4. The molecule has 1 N–H and O–H groups in total. The van der Waals surface area contributed by atoms with Crippen LogP contribution in [0.15, 0.2) is 0 Å². The lowest BCUT2D eigenvalue weighted by atomic mass is 9.86.